The summed E-state index contributed by atoms with van der Waals surface area (Å²) in [5, 5.41) is 0. The van der Waals surface area contributed by atoms with E-state index < -0.39 is 19.1 Å². The first kappa shape index (κ1) is 14.7. The molecule has 12 heavy (non-hydrogen) atoms. The van der Waals surface area contributed by atoms with Crippen LogP contribution < -0.4 is 4.89 Å². The van der Waals surface area contributed by atoms with E-state index in [2.05, 4.69) is 18.4 Å². The van der Waals surface area contributed by atoms with Crippen molar-refractivity contribution in [3.63, 3.8) is 0 Å². The van der Waals surface area contributed by atoms with Gasteiger partial charge in [-0.05, 0) is 4.57 Å². The summed E-state index contributed by atoms with van der Waals surface area (Å²) in [6.07, 6.45) is 4.00. The summed E-state index contributed by atoms with van der Waals surface area (Å²) >= 11 is 0. The molecule has 2 atom stereocenters. The molecular weight excluding hydrogens is 199 g/mol. The van der Waals surface area contributed by atoms with Gasteiger partial charge in [0.25, 0.3) is 0 Å². The molecule has 74 valence electrons. The van der Waals surface area contributed by atoms with Crippen LogP contribution in [-0.2, 0) is 19.9 Å². The number of rotatable bonds is 4. The molecule has 0 saturated carbocycles. The summed E-state index contributed by atoms with van der Waals surface area (Å²) < 4.78 is 23.6. The van der Waals surface area contributed by atoms with Crippen molar-refractivity contribution < 1.29 is 18.2 Å². The fourth-order valence-corrected chi connectivity index (χ4v) is 1.06. The van der Waals surface area contributed by atoms with Gasteiger partial charge in [-0.2, -0.15) is 0 Å². The van der Waals surface area contributed by atoms with Gasteiger partial charge in [-0.15, -0.1) is 4.52 Å². The molecule has 0 saturated heterocycles. The Balaban J connectivity index is 0. The Kier molecular flexibility index (Phi) is 13.7. The highest BCUT2D eigenvalue weighted by molar-refractivity contribution is 7.84. The zero-order valence-electron chi connectivity index (χ0n) is 7.61. The summed E-state index contributed by atoms with van der Waals surface area (Å²) in [5.41, 5.74) is 0. The highest BCUT2D eigenvalue weighted by Gasteiger charge is 2.00. The maximum Gasteiger partial charge on any atom is 0.489 e. The van der Waals surface area contributed by atoms with Crippen LogP contribution in [0.2, 0.25) is 0 Å². The van der Waals surface area contributed by atoms with Crippen LogP contribution in [0, 0.1) is 0 Å². The minimum absolute atomic E-state index is 0.237. The molecule has 6 heteroatoms. The van der Waals surface area contributed by atoms with Gasteiger partial charge in [0, 0.05) is 17.1 Å². The van der Waals surface area contributed by atoms with Gasteiger partial charge in [0.15, 0.2) is 5.94 Å². The predicted octanol–water partition coefficient (Wildman–Crippen LogP) is 1.16. The van der Waals surface area contributed by atoms with Gasteiger partial charge in [-0.3, -0.25) is 4.21 Å². The normalized spacial score (nSPS) is 12.8. The van der Waals surface area contributed by atoms with Crippen molar-refractivity contribution in [2.24, 2.45) is 0 Å². The summed E-state index contributed by atoms with van der Waals surface area (Å²) in [6.45, 7) is 4.36. The van der Waals surface area contributed by atoms with Crippen LogP contribution in [0.1, 0.15) is 26.7 Å². The van der Waals surface area contributed by atoms with Crippen molar-refractivity contribution in [3.8, 4) is 0 Å². The Morgan fingerprint density at radius 1 is 1.42 bits per heavy atom. The first-order valence-corrected chi connectivity index (χ1v) is 6.44. The highest BCUT2D eigenvalue weighted by Crippen LogP contribution is 2.07. The molecule has 0 aromatic heterocycles. The van der Waals surface area contributed by atoms with Gasteiger partial charge in [0.1, 0.15) is 0 Å². The van der Waals surface area contributed by atoms with Crippen LogP contribution in [0.4, 0.5) is 0 Å². The molecule has 0 fully saturated rings. The first-order valence-electron chi connectivity index (χ1n) is 3.61. The molecule has 0 aromatic carbocycles. The third-order valence-corrected chi connectivity index (χ3v) is 1.79. The van der Waals surface area contributed by atoms with E-state index in [1.807, 2.05) is 0 Å². The first-order chi connectivity index (χ1) is 5.54. The van der Waals surface area contributed by atoms with Gasteiger partial charge in [0.05, 0.1) is 0 Å². The zero-order chi connectivity index (χ0) is 9.98. The molecule has 0 aliphatic rings. The molecular formula is C6H15O4PS. The van der Waals surface area contributed by atoms with Gasteiger partial charge in [0.2, 0.25) is 0 Å². The van der Waals surface area contributed by atoms with Gasteiger partial charge in [-0.25, -0.2) is 0 Å². The van der Waals surface area contributed by atoms with E-state index >= 15 is 0 Å². The second-order valence-electron chi connectivity index (χ2n) is 2.04. The van der Waals surface area contributed by atoms with Crippen LogP contribution in [0.25, 0.3) is 0 Å². The van der Waals surface area contributed by atoms with Crippen molar-refractivity contribution in [1.82, 2.24) is 0 Å². The predicted molar refractivity (Wildman–Crippen MR) is 48.2 cm³/mol. The van der Waals surface area contributed by atoms with E-state index in [9.17, 15) is 13.7 Å². The summed E-state index contributed by atoms with van der Waals surface area (Å²) in [7, 11) is -4.02. The Bertz CT molecular complexity index is 124. The molecule has 2 unspecified atom stereocenters. The molecule has 0 amide bonds. The molecule has 0 aliphatic heterocycles. The number of unbranched alkanes of at least 4 members (excludes halogenated alkanes) is 1. The molecule has 0 aromatic rings. The molecule has 0 radical (unpaired) electrons. The Hall–Kier alpha value is 0.170. The molecule has 0 aliphatic carbocycles. The van der Waals surface area contributed by atoms with E-state index in [0.29, 0.717) is 0 Å². The Morgan fingerprint density at radius 3 is 1.92 bits per heavy atom. The van der Waals surface area contributed by atoms with Gasteiger partial charge < -0.3 is 4.89 Å². The minimum Gasteiger partial charge on any atom is -0.566 e. The summed E-state index contributed by atoms with van der Waals surface area (Å²) in [5.74, 6) is -0.237. The third kappa shape index (κ3) is 22.5. The smallest absolute Gasteiger partial charge is 0.489 e. The van der Waals surface area contributed by atoms with Gasteiger partial charge >= 0.3 is 8.25 Å². The maximum absolute atomic E-state index is 10.1. The average molecular weight is 214 g/mol. The van der Waals surface area contributed by atoms with E-state index in [4.69, 9.17) is 0 Å². The van der Waals surface area contributed by atoms with Crippen molar-refractivity contribution in [2.75, 3.05) is 12.2 Å². The van der Waals surface area contributed by atoms with Gasteiger partial charge in [-0.1, -0.05) is 26.7 Å². The average Bonchev–Trinajstić information content (AvgIpc) is 2.01. The van der Waals surface area contributed by atoms with Crippen molar-refractivity contribution in [2.45, 2.75) is 26.7 Å². The lowest BCUT2D eigenvalue weighted by Gasteiger charge is -1.85. The quantitative estimate of drug-likeness (QED) is 0.659. The second kappa shape index (κ2) is 11.2. The van der Waals surface area contributed by atoms with E-state index in [0.717, 1.165) is 0 Å². The highest BCUT2D eigenvalue weighted by atomic mass is 32.2. The largest absolute Gasteiger partial charge is 0.566 e. The SMILES string of the molecule is CCCC.CS(=O)CO[P+](=O)[O-]. The standard InChI is InChI=1S/C4H10.C2H5O4PS/c1-3-4-2;1-8(5)2-6-7(3)4/h3-4H2,1-2H3;2H2,1H3. The Morgan fingerprint density at radius 2 is 1.83 bits per heavy atom. The third-order valence-electron chi connectivity index (χ3n) is 0.824. The molecule has 4 nitrogen and oxygen atoms in total. The second-order valence-corrected chi connectivity index (χ2v) is 4.13. The maximum atomic E-state index is 10.1. The molecule has 0 heterocycles. The molecule has 0 spiro atoms. The van der Waals surface area contributed by atoms with Crippen LogP contribution in [0.15, 0.2) is 0 Å². The van der Waals surface area contributed by atoms with Crippen LogP contribution >= 0.6 is 8.25 Å². The number of hydrogen-bond acceptors (Lipinski definition) is 4. The van der Waals surface area contributed by atoms with E-state index in [-0.39, 0.29) is 5.94 Å². The Labute approximate surface area is 76.7 Å². The fourth-order valence-electron chi connectivity index (χ4n) is 0.117. The molecule has 0 rings (SSSR count). The summed E-state index contributed by atoms with van der Waals surface area (Å²) in [6, 6.07) is 0. The number of hydrogen-bond donors (Lipinski definition) is 0. The lowest BCUT2D eigenvalue weighted by Crippen LogP contribution is -1.98. The van der Waals surface area contributed by atoms with Crippen molar-refractivity contribution >= 4 is 19.1 Å². The van der Waals surface area contributed by atoms with Crippen molar-refractivity contribution in [1.29, 1.82) is 0 Å². The zero-order valence-corrected chi connectivity index (χ0v) is 9.32. The topological polar surface area (TPSA) is 66.4 Å². The fraction of sp³-hybridized carbons (Fsp3) is 1.00. The van der Waals surface area contributed by atoms with Crippen LogP contribution in [-0.4, -0.2) is 16.4 Å². The van der Waals surface area contributed by atoms with Crippen LogP contribution in [0.3, 0.4) is 0 Å². The van der Waals surface area contributed by atoms with Crippen LogP contribution in [0.5, 0.6) is 0 Å². The monoisotopic (exact) mass is 214 g/mol. The van der Waals surface area contributed by atoms with E-state index in [1.165, 1.54) is 19.1 Å². The summed E-state index contributed by atoms with van der Waals surface area (Å²) in [4.78, 5) is 9.58. The minimum atomic E-state index is -2.83. The molecule has 0 bridgehead atoms. The lowest BCUT2D eigenvalue weighted by atomic mass is 10.4. The molecule has 0 N–H and O–H groups in total. The van der Waals surface area contributed by atoms with E-state index in [1.54, 1.807) is 0 Å². The lowest BCUT2D eigenvalue weighted by molar-refractivity contribution is -0.184. The van der Waals surface area contributed by atoms with Crippen molar-refractivity contribution in [3.05, 3.63) is 0 Å².